The third kappa shape index (κ3) is 3.53. The van der Waals surface area contributed by atoms with Crippen LogP contribution in [0, 0.1) is 5.41 Å². The molecule has 1 aliphatic carbocycles. The molecule has 0 spiro atoms. The molecule has 20 heavy (non-hydrogen) atoms. The summed E-state index contributed by atoms with van der Waals surface area (Å²) in [6.07, 6.45) is 6.84. The average molecular weight is 282 g/mol. The Morgan fingerprint density at radius 1 is 1.40 bits per heavy atom. The molecule has 0 aromatic carbocycles. The van der Waals surface area contributed by atoms with Gasteiger partial charge in [0, 0.05) is 18.1 Å². The van der Waals surface area contributed by atoms with Crippen LogP contribution in [-0.2, 0) is 9.53 Å². The second-order valence-corrected chi connectivity index (χ2v) is 6.83. The van der Waals surface area contributed by atoms with Crippen molar-refractivity contribution in [2.24, 2.45) is 5.41 Å². The summed E-state index contributed by atoms with van der Waals surface area (Å²) in [5.74, 6) is 0.176. The summed E-state index contributed by atoms with van der Waals surface area (Å²) in [4.78, 5) is 12.2. The number of unbranched alkanes of at least 4 members (excludes halogenated alkanes) is 1. The lowest BCUT2D eigenvalue weighted by molar-refractivity contribution is -0.139. The number of carbonyl (C=O) groups is 1. The van der Waals surface area contributed by atoms with Crippen LogP contribution < -0.4 is 10.6 Å². The molecule has 0 radical (unpaired) electrons. The van der Waals surface area contributed by atoms with Crippen LogP contribution >= 0.6 is 0 Å². The Labute approximate surface area is 123 Å². The molecular formula is C16H30N2O2. The molecule has 3 unspecified atom stereocenters. The van der Waals surface area contributed by atoms with Gasteiger partial charge in [0.2, 0.25) is 5.91 Å². The minimum atomic E-state index is 0.0135. The summed E-state index contributed by atoms with van der Waals surface area (Å²) < 4.78 is 5.92. The number of amides is 1. The van der Waals surface area contributed by atoms with E-state index in [0.29, 0.717) is 6.10 Å². The van der Waals surface area contributed by atoms with Crippen LogP contribution in [-0.4, -0.2) is 37.2 Å². The molecule has 2 aliphatic rings. The van der Waals surface area contributed by atoms with Crippen LogP contribution in [0.25, 0.3) is 0 Å². The predicted molar refractivity (Wildman–Crippen MR) is 80.6 cm³/mol. The van der Waals surface area contributed by atoms with Crippen LogP contribution in [0.15, 0.2) is 0 Å². The van der Waals surface area contributed by atoms with Gasteiger partial charge in [-0.25, -0.2) is 0 Å². The van der Waals surface area contributed by atoms with Gasteiger partial charge in [-0.15, -0.1) is 0 Å². The van der Waals surface area contributed by atoms with Crippen LogP contribution in [0.2, 0.25) is 0 Å². The average Bonchev–Trinajstić information content (AvgIpc) is 2.46. The van der Waals surface area contributed by atoms with E-state index in [1.54, 1.807) is 0 Å². The highest BCUT2D eigenvalue weighted by Crippen LogP contribution is 2.42. The van der Waals surface area contributed by atoms with Gasteiger partial charge in [0.15, 0.2) is 0 Å². The lowest BCUT2D eigenvalue weighted by Crippen LogP contribution is -2.64. The summed E-state index contributed by atoms with van der Waals surface area (Å²) in [5.41, 5.74) is 0.0536. The third-order valence-corrected chi connectivity index (χ3v) is 4.94. The zero-order valence-corrected chi connectivity index (χ0v) is 13.2. The molecule has 2 rings (SSSR count). The van der Waals surface area contributed by atoms with Gasteiger partial charge in [0.05, 0.1) is 12.1 Å². The molecule has 0 aromatic heterocycles. The van der Waals surface area contributed by atoms with Crippen LogP contribution in [0.1, 0.15) is 59.3 Å². The highest BCUT2D eigenvalue weighted by Gasteiger charge is 2.49. The number of carbonyl (C=O) groups excluding carboxylic acids is 1. The van der Waals surface area contributed by atoms with Gasteiger partial charge in [-0.2, -0.15) is 0 Å². The topological polar surface area (TPSA) is 50.4 Å². The molecular weight excluding hydrogens is 252 g/mol. The molecule has 1 amide bonds. The molecule has 116 valence electrons. The van der Waals surface area contributed by atoms with Crippen molar-refractivity contribution in [3.05, 3.63) is 0 Å². The minimum absolute atomic E-state index is 0.0135. The van der Waals surface area contributed by atoms with E-state index in [4.69, 9.17) is 4.74 Å². The number of ether oxygens (including phenoxy) is 1. The zero-order chi connectivity index (χ0) is 14.6. The molecule has 1 saturated carbocycles. The Morgan fingerprint density at radius 2 is 2.20 bits per heavy atom. The molecule has 2 fully saturated rings. The lowest BCUT2D eigenvalue weighted by Gasteiger charge is -2.52. The normalized spacial score (nSPS) is 32.5. The summed E-state index contributed by atoms with van der Waals surface area (Å²) in [6.45, 7) is 8.39. The fraction of sp³-hybridized carbons (Fsp3) is 0.938. The zero-order valence-electron chi connectivity index (χ0n) is 13.2. The van der Waals surface area contributed by atoms with E-state index < -0.39 is 0 Å². The third-order valence-electron chi connectivity index (χ3n) is 4.94. The molecule has 4 heteroatoms. The summed E-state index contributed by atoms with van der Waals surface area (Å²) in [6, 6.07) is 0.268. The van der Waals surface area contributed by atoms with Crippen molar-refractivity contribution in [1.29, 1.82) is 0 Å². The molecule has 3 atom stereocenters. The molecule has 1 aliphatic heterocycles. The Balaban J connectivity index is 1.75. The first kappa shape index (κ1) is 15.8. The summed E-state index contributed by atoms with van der Waals surface area (Å²) in [7, 11) is 0. The van der Waals surface area contributed by atoms with Crippen molar-refractivity contribution < 1.29 is 9.53 Å². The smallest absolute Gasteiger partial charge is 0.237 e. The van der Waals surface area contributed by atoms with Crippen molar-refractivity contribution in [3.63, 3.8) is 0 Å². The number of rotatable bonds is 6. The van der Waals surface area contributed by atoms with Crippen LogP contribution in [0.3, 0.4) is 0 Å². The predicted octanol–water partition coefficient (Wildman–Crippen LogP) is 2.23. The first-order chi connectivity index (χ1) is 9.55. The fourth-order valence-corrected chi connectivity index (χ4v) is 3.13. The molecule has 4 nitrogen and oxygen atoms in total. The van der Waals surface area contributed by atoms with E-state index in [1.165, 1.54) is 12.8 Å². The SMILES string of the molecule is CCCCOC1CC(NC(=O)C2CCCCN2)C1(C)C. The molecule has 0 bridgehead atoms. The van der Waals surface area contributed by atoms with Crippen molar-refractivity contribution >= 4 is 5.91 Å². The summed E-state index contributed by atoms with van der Waals surface area (Å²) in [5, 5.41) is 6.52. The Kier molecular flexibility index (Phi) is 5.44. The maximum absolute atomic E-state index is 12.2. The standard InChI is InChI=1S/C16H30N2O2/c1-4-5-10-20-14-11-13(16(14,2)3)18-15(19)12-8-6-7-9-17-12/h12-14,17H,4-11H2,1-3H3,(H,18,19). The molecule has 1 heterocycles. The van der Waals surface area contributed by atoms with Crippen molar-refractivity contribution in [2.75, 3.05) is 13.2 Å². The quantitative estimate of drug-likeness (QED) is 0.735. The summed E-state index contributed by atoms with van der Waals surface area (Å²) >= 11 is 0. The first-order valence-corrected chi connectivity index (χ1v) is 8.21. The van der Waals surface area contributed by atoms with E-state index in [2.05, 4.69) is 31.4 Å². The first-order valence-electron chi connectivity index (χ1n) is 8.21. The molecule has 2 N–H and O–H groups in total. The van der Waals surface area contributed by atoms with Crippen molar-refractivity contribution in [3.8, 4) is 0 Å². The van der Waals surface area contributed by atoms with Gasteiger partial charge in [-0.1, -0.05) is 33.6 Å². The number of nitrogens with one attached hydrogen (secondary N) is 2. The van der Waals surface area contributed by atoms with Gasteiger partial charge < -0.3 is 15.4 Å². The highest BCUT2D eigenvalue weighted by atomic mass is 16.5. The monoisotopic (exact) mass is 282 g/mol. The maximum atomic E-state index is 12.2. The maximum Gasteiger partial charge on any atom is 0.237 e. The van der Waals surface area contributed by atoms with Gasteiger partial charge >= 0.3 is 0 Å². The van der Waals surface area contributed by atoms with E-state index in [0.717, 1.165) is 38.8 Å². The number of piperidine rings is 1. The van der Waals surface area contributed by atoms with Crippen LogP contribution in [0.4, 0.5) is 0 Å². The van der Waals surface area contributed by atoms with E-state index in [1.807, 2.05) is 0 Å². The minimum Gasteiger partial charge on any atom is -0.378 e. The van der Waals surface area contributed by atoms with Gasteiger partial charge in [0.25, 0.3) is 0 Å². The second-order valence-electron chi connectivity index (χ2n) is 6.83. The van der Waals surface area contributed by atoms with Crippen LogP contribution in [0.5, 0.6) is 0 Å². The lowest BCUT2D eigenvalue weighted by atomic mass is 9.64. The number of hydrogen-bond donors (Lipinski definition) is 2. The van der Waals surface area contributed by atoms with Gasteiger partial charge in [0.1, 0.15) is 0 Å². The van der Waals surface area contributed by atoms with Gasteiger partial charge in [-0.3, -0.25) is 4.79 Å². The van der Waals surface area contributed by atoms with Crippen molar-refractivity contribution in [1.82, 2.24) is 10.6 Å². The van der Waals surface area contributed by atoms with Gasteiger partial charge in [-0.05, 0) is 32.2 Å². The second kappa shape index (κ2) is 6.90. The van der Waals surface area contributed by atoms with Crippen molar-refractivity contribution in [2.45, 2.75) is 77.5 Å². The van der Waals surface area contributed by atoms with E-state index in [-0.39, 0.29) is 23.4 Å². The van der Waals surface area contributed by atoms with E-state index in [9.17, 15) is 4.79 Å². The molecule has 0 aromatic rings. The number of hydrogen-bond acceptors (Lipinski definition) is 3. The Hall–Kier alpha value is -0.610. The Bertz CT molecular complexity index is 324. The fourth-order valence-electron chi connectivity index (χ4n) is 3.13. The largest absolute Gasteiger partial charge is 0.378 e. The molecule has 1 saturated heterocycles. The van der Waals surface area contributed by atoms with E-state index >= 15 is 0 Å². The highest BCUT2D eigenvalue weighted by molar-refractivity contribution is 5.82. The Morgan fingerprint density at radius 3 is 2.80 bits per heavy atom.